The van der Waals surface area contributed by atoms with Crippen LogP contribution < -0.4 is 5.32 Å². The predicted octanol–water partition coefficient (Wildman–Crippen LogP) is 3.23. The highest BCUT2D eigenvalue weighted by Gasteiger charge is 2.39. The molecule has 0 bridgehead atoms. The van der Waals surface area contributed by atoms with Crippen LogP contribution in [0.3, 0.4) is 0 Å². The molecule has 1 saturated heterocycles. The molecule has 1 aromatic rings. The normalized spacial score (nSPS) is 18.1. The van der Waals surface area contributed by atoms with Crippen molar-refractivity contribution in [1.82, 2.24) is 10.2 Å². The van der Waals surface area contributed by atoms with Crippen molar-refractivity contribution in [3.05, 3.63) is 35.1 Å². The lowest BCUT2D eigenvalue weighted by atomic mass is 9.79. The molecule has 0 unspecified atom stereocenters. The molecule has 138 valence electrons. The third kappa shape index (κ3) is 4.59. The number of hydrogen-bond donors (Lipinski definition) is 2. The van der Waals surface area contributed by atoms with Gasteiger partial charge in [0.2, 0.25) is 0 Å². The number of aliphatic hydroxyl groups excluding tert-OH is 1. The maximum absolute atomic E-state index is 14.3. The zero-order valence-electron chi connectivity index (χ0n) is 13.7. The molecular formula is C16H23ClF4N2O. The third-order valence-corrected chi connectivity index (χ3v) is 4.28. The molecule has 1 aliphatic rings. The fraction of sp³-hybridized carbons (Fsp3) is 0.625. The number of rotatable bonds is 4. The molecule has 1 aromatic carbocycles. The van der Waals surface area contributed by atoms with Crippen molar-refractivity contribution in [2.75, 3.05) is 32.8 Å². The maximum atomic E-state index is 14.3. The highest BCUT2D eigenvalue weighted by molar-refractivity contribution is 5.85. The van der Waals surface area contributed by atoms with Crippen LogP contribution in [0.2, 0.25) is 0 Å². The first-order valence-electron chi connectivity index (χ1n) is 7.59. The van der Waals surface area contributed by atoms with Crippen LogP contribution in [0, 0.1) is 11.2 Å². The Morgan fingerprint density at radius 2 is 1.79 bits per heavy atom. The van der Waals surface area contributed by atoms with E-state index in [2.05, 4.69) is 5.32 Å². The first-order chi connectivity index (χ1) is 10.7. The summed E-state index contributed by atoms with van der Waals surface area (Å²) in [6, 6.07) is 1.86. The number of nitrogens with zero attached hydrogens (tertiary/aromatic N) is 1. The van der Waals surface area contributed by atoms with E-state index in [1.54, 1.807) is 13.8 Å². The molecule has 2 N–H and O–H groups in total. The maximum Gasteiger partial charge on any atom is 0.416 e. The topological polar surface area (TPSA) is 35.5 Å². The molecule has 2 rings (SSSR count). The molecule has 24 heavy (non-hydrogen) atoms. The van der Waals surface area contributed by atoms with Gasteiger partial charge < -0.3 is 10.4 Å². The summed E-state index contributed by atoms with van der Waals surface area (Å²) in [5.74, 6) is -0.678. The molecular weight excluding hydrogens is 348 g/mol. The Morgan fingerprint density at radius 3 is 2.29 bits per heavy atom. The molecule has 0 saturated carbocycles. The lowest BCUT2D eigenvalue weighted by Gasteiger charge is -2.43. The van der Waals surface area contributed by atoms with E-state index in [9.17, 15) is 22.7 Å². The lowest BCUT2D eigenvalue weighted by Crippen LogP contribution is -2.49. The molecule has 3 nitrogen and oxygen atoms in total. The van der Waals surface area contributed by atoms with Gasteiger partial charge in [-0.1, -0.05) is 13.8 Å². The van der Waals surface area contributed by atoms with Gasteiger partial charge in [-0.25, -0.2) is 4.39 Å². The number of aliphatic hydroxyl groups is 1. The number of halogens is 5. The Hall–Kier alpha value is -0.890. The van der Waals surface area contributed by atoms with E-state index < -0.39 is 29.0 Å². The summed E-state index contributed by atoms with van der Waals surface area (Å²) < 4.78 is 53.3. The second-order valence-electron chi connectivity index (χ2n) is 6.57. The summed E-state index contributed by atoms with van der Waals surface area (Å²) in [4.78, 5) is 1.94. The molecule has 1 atom stereocenters. The minimum atomic E-state index is -4.53. The van der Waals surface area contributed by atoms with Gasteiger partial charge >= 0.3 is 6.18 Å². The second-order valence-corrected chi connectivity index (χ2v) is 6.57. The standard InChI is InChI=1S/C16H22F4N2O.ClH/c1-15(2,10-23)14(22-7-5-21-6-8-22)12-9-11(16(18,19)20)3-4-13(12)17;/h3-4,9,14,21,23H,5-8,10H2,1-2H3;1H/t14-;/m0./s1. The molecule has 1 aliphatic heterocycles. The van der Waals surface area contributed by atoms with Crippen molar-refractivity contribution in [1.29, 1.82) is 0 Å². The van der Waals surface area contributed by atoms with Crippen molar-refractivity contribution in [3.63, 3.8) is 0 Å². The van der Waals surface area contributed by atoms with Crippen LogP contribution in [0.4, 0.5) is 17.6 Å². The van der Waals surface area contributed by atoms with E-state index in [0.717, 1.165) is 18.2 Å². The number of piperazine rings is 1. The average Bonchev–Trinajstić information content (AvgIpc) is 2.49. The third-order valence-electron chi connectivity index (χ3n) is 4.28. The van der Waals surface area contributed by atoms with Crippen molar-refractivity contribution in [2.45, 2.75) is 26.1 Å². The molecule has 0 amide bonds. The fourth-order valence-electron chi connectivity index (χ4n) is 3.07. The molecule has 0 aliphatic carbocycles. The highest BCUT2D eigenvalue weighted by atomic mass is 35.5. The van der Waals surface area contributed by atoms with Gasteiger partial charge in [0.15, 0.2) is 0 Å². The Bertz CT molecular complexity index is 545. The summed E-state index contributed by atoms with van der Waals surface area (Å²) in [6.07, 6.45) is -4.53. The Morgan fingerprint density at radius 1 is 1.21 bits per heavy atom. The summed E-state index contributed by atoms with van der Waals surface area (Å²) in [5, 5.41) is 12.9. The van der Waals surface area contributed by atoms with Gasteiger partial charge in [-0.05, 0) is 18.2 Å². The van der Waals surface area contributed by atoms with Gasteiger partial charge in [0, 0.05) is 49.8 Å². The van der Waals surface area contributed by atoms with E-state index in [1.807, 2.05) is 4.90 Å². The fourth-order valence-corrected chi connectivity index (χ4v) is 3.07. The van der Waals surface area contributed by atoms with Crippen molar-refractivity contribution in [2.24, 2.45) is 5.41 Å². The first kappa shape index (κ1) is 21.2. The van der Waals surface area contributed by atoms with Crippen LogP contribution in [0.5, 0.6) is 0 Å². The van der Waals surface area contributed by atoms with Gasteiger partial charge in [-0.15, -0.1) is 12.4 Å². The average molecular weight is 371 g/mol. The van der Waals surface area contributed by atoms with Crippen molar-refractivity contribution in [3.8, 4) is 0 Å². The number of benzene rings is 1. The minimum absolute atomic E-state index is 0. The summed E-state index contributed by atoms with van der Waals surface area (Å²) >= 11 is 0. The van der Waals surface area contributed by atoms with E-state index in [0.29, 0.717) is 26.2 Å². The number of alkyl halides is 3. The van der Waals surface area contributed by atoms with Gasteiger partial charge in [0.05, 0.1) is 5.56 Å². The predicted molar refractivity (Wildman–Crippen MR) is 86.7 cm³/mol. The summed E-state index contributed by atoms with van der Waals surface area (Å²) in [5.41, 5.74) is -1.66. The summed E-state index contributed by atoms with van der Waals surface area (Å²) in [6.45, 7) is 5.75. The smallest absolute Gasteiger partial charge is 0.396 e. The zero-order chi connectivity index (χ0) is 17.3. The van der Waals surface area contributed by atoms with Gasteiger partial charge in [0.25, 0.3) is 0 Å². The van der Waals surface area contributed by atoms with Crippen LogP contribution in [0.15, 0.2) is 18.2 Å². The molecule has 1 fully saturated rings. The van der Waals surface area contributed by atoms with E-state index in [-0.39, 0.29) is 24.6 Å². The molecule has 1 heterocycles. The molecule has 0 aromatic heterocycles. The Balaban J connectivity index is 0.00000288. The molecule has 0 spiro atoms. The van der Waals surface area contributed by atoms with Crippen molar-refractivity contribution < 1.29 is 22.7 Å². The van der Waals surface area contributed by atoms with E-state index >= 15 is 0 Å². The van der Waals surface area contributed by atoms with Crippen LogP contribution in [-0.2, 0) is 6.18 Å². The van der Waals surface area contributed by atoms with Crippen molar-refractivity contribution >= 4 is 12.4 Å². The quantitative estimate of drug-likeness (QED) is 0.799. The zero-order valence-corrected chi connectivity index (χ0v) is 14.5. The monoisotopic (exact) mass is 370 g/mol. The Labute approximate surface area is 145 Å². The van der Waals surface area contributed by atoms with Crippen LogP contribution in [0.1, 0.15) is 31.0 Å². The first-order valence-corrected chi connectivity index (χ1v) is 7.59. The van der Waals surface area contributed by atoms with E-state index in [4.69, 9.17) is 0 Å². The SMILES string of the molecule is CC(C)(CO)[C@H](c1cc(C(F)(F)F)ccc1F)N1CCNCC1.Cl. The minimum Gasteiger partial charge on any atom is -0.396 e. The van der Waals surface area contributed by atoms with Crippen LogP contribution in [-0.4, -0.2) is 42.8 Å². The number of nitrogens with one attached hydrogen (secondary N) is 1. The number of hydrogen-bond acceptors (Lipinski definition) is 3. The molecule has 0 radical (unpaired) electrons. The van der Waals surface area contributed by atoms with E-state index in [1.165, 1.54) is 0 Å². The van der Waals surface area contributed by atoms with Crippen LogP contribution >= 0.6 is 12.4 Å². The van der Waals surface area contributed by atoms with Gasteiger partial charge in [0.1, 0.15) is 5.82 Å². The highest BCUT2D eigenvalue weighted by Crippen LogP contribution is 2.41. The van der Waals surface area contributed by atoms with Crippen LogP contribution in [0.25, 0.3) is 0 Å². The van der Waals surface area contributed by atoms with Gasteiger partial charge in [-0.2, -0.15) is 13.2 Å². The Kier molecular flexibility index (Phi) is 7.04. The summed E-state index contributed by atoms with van der Waals surface area (Å²) in [7, 11) is 0. The second kappa shape index (κ2) is 7.99. The van der Waals surface area contributed by atoms with Gasteiger partial charge in [-0.3, -0.25) is 4.90 Å². The lowest BCUT2D eigenvalue weighted by molar-refractivity contribution is -0.137. The largest absolute Gasteiger partial charge is 0.416 e. The molecule has 8 heteroatoms.